The molecule has 2 saturated heterocycles. The van der Waals surface area contributed by atoms with Crippen molar-refractivity contribution in [2.24, 2.45) is 5.41 Å². The highest BCUT2D eigenvalue weighted by molar-refractivity contribution is 5.76. The number of nitrogens with zero attached hydrogens (tertiary/aromatic N) is 1. The van der Waals surface area contributed by atoms with E-state index >= 15 is 0 Å². The molecule has 2 fully saturated rings. The number of hydrogen-bond donors (Lipinski definition) is 1. The Morgan fingerprint density at radius 3 is 2.61 bits per heavy atom. The fourth-order valence-corrected chi connectivity index (χ4v) is 4.16. The van der Waals surface area contributed by atoms with Gasteiger partial charge >= 0.3 is 0 Å². The van der Waals surface area contributed by atoms with E-state index < -0.39 is 0 Å². The third-order valence-corrected chi connectivity index (χ3v) is 5.95. The van der Waals surface area contributed by atoms with Crippen molar-refractivity contribution in [3.63, 3.8) is 0 Å². The van der Waals surface area contributed by atoms with Gasteiger partial charge in [-0.25, -0.2) is 0 Å². The van der Waals surface area contributed by atoms with E-state index in [1.807, 2.05) is 18.2 Å². The zero-order valence-electron chi connectivity index (χ0n) is 16.4. The summed E-state index contributed by atoms with van der Waals surface area (Å²) >= 11 is 0. The normalized spacial score (nSPS) is 21.4. The molecular formula is C21H30N2O5. The summed E-state index contributed by atoms with van der Waals surface area (Å²) in [4.78, 5) is 15.0. The first-order valence-electron chi connectivity index (χ1n) is 10.3. The molecule has 1 aromatic carbocycles. The quantitative estimate of drug-likeness (QED) is 0.763. The summed E-state index contributed by atoms with van der Waals surface area (Å²) in [6.07, 6.45) is 3.16. The van der Waals surface area contributed by atoms with Crippen LogP contribution in [0.5, 0.6) is 11.5 Å². The van der Waals surface area contributed by atoms with Gasteiger partial charge in [0.15, 0.2) is 11.5 Å². The molecule has 0 spiro atoms. The standard InChI is InChI=1S/C21H30N2O5/c24-20(4-2-17-1-3-18-19(13-17)28-16-27-18)22-14-21(5-9-25-10-6-21)15-23-7-11-26-12-8-23/h1,3,13H,2,4-12,14-16H2,(H,22,24). The second kappa shape index (κ2) is 9.11. The number of nitrogens with one attached hydrogen (secondary N) is 1. The second-order valence-electron chi connectivity index (χ2n) is 7.97. The molecule has 3 heterocycles. The van der Waals surface area contributed by atoms with Crippen LogP contribution in [0.2, 0.25) is 0 Å². The summed E-state index contributed by atoms with van der Waals surface area (Å²) in [7, 11) is 0. The van der Waals surface area contributed by atoms with E-state index in [9.17, 15) is 4.79 Å². The van der Waals surface area contributed by atoms with Gasteiger partial charge in [-0.1, -0.05) is 6.07 Å². The summed E-state index contributed by atoms with van der Waals surface area (Å²) in [5.41, 5.74) is 1.19. The average molecular weight is 390 g/mol. The van der Waals surface area contributed by atoms with Crippen molar-refractivity contribution in [1.29, 1.82) is 0 Å². The van der Waals surface area contributed by atoms with Gasteiger partial charge in [0, 0.05) is 51.2 Å². The number of carbonyl (C=O) groups excluding carboxylic acids is 1. The Morgan fingerprint density at radius 2 is 1.79 bits per heavy atom. The van der Waals surface area contributed by atoms with Gasteiger partial charge in [0.25, 0.3) is 0 Å². The largest absolute Gasteiger partial charge is 0.454 e. The summed E-state index contributed by atoms with van der Waals surface area (Å²) in [5.74, 6) is 1.65. The minimum absolute atomic E-state index is 0.101. The molecule has 1 amide bonds. The number of benzene rings is 1. The highest BCUT2D eigenvalue weighted by atomic mass is 16.7. The fourth-order valence-electron chi connectivity index (χ4n) is 4.16. The van der Waals surface area contributed by atoms with Crippen LogP contribution in [0.15, 0.2) is 18.2 Å². The lowest BCUT2D eigenvalue weighted by atomic mass is 9.79. The molecule has 0 radical (unpaired) electrons. The fraction of sp³-hybridized carbons (Fsp3) is 0.667. The van der Waals surface area contributed by atoms with Crippen molar-refractivity contribution >= 4 is 5.91 Å². The van der Waals surface area contributed by atoms with Gasteiger partial charge in [0.1, 0.15) is 0 Å². The lowest BCUT2D eigenvalue weighted by Gasteiger charge is -2.42. The van der Waals surface area contributed by atoms with E-state index in [-0.39, 0.29) is 18.1 Å². The topological polar surface area (TPSA) is 69.3 Å². The Balaban J connectivity index is 1.27. The Labute approximate surface area is 166 Å². The van der Waals surface area contributed by atoms with Gasteiger partial charge in [-0.15, -0.1) is 0 Å². The molecule has 1 N–H and O–H groups in total. The molecule has 0 bridgehead atoms. The predicted octanol–water partition coefficient (Wildman–Crippen LogP) is 1.59. The van der Waals surface area contributed by atoms with E-state index in [0.717, 1.165) is 76.0 Å². The molecule has 0 aliphatic carbocycles. The van der Waals surface area contributed by atoms with E-state index in [1.165, 1.54) is 0 Å². The Morgan fingerprint density at radius 1 is 1.04 bits per heavy atom. The molecule has 3 aliphatic rings. The number of fused-ring (bicyclic) bond motifs is 1. The van der Waals surface area contributed by atoms with E-state index in [4.69, 9.17) is 18.9 Å². The highest BCUT2D eigenvalue weighted by Crippen LogP contribution is 2.33. The van der Waals surface area contributed by atoms with Crippen LogP contribution in [-0.2, 0) is 20.7 Å². The van der Waals surface area contributed by atoms with E-state index in [1.54, 1.807) is 0 Å². The number of aryl methyl sites for hydroxylation is 1. The van der Waals surface area contributed by atoms with Crippen LogP contribution in [0.1, 0.15) is 24.8 Å². The van der Waals surface area contributed by atoms with Crippen LogP contribution in [0, 0.1) is 5.41 Å². The number of morpholine rings is 1. The average Bonchev–Trinajstić information content (AvgIpc) is 3.20. The van der Waals surface area contributed by atoms with Crippen LogP contribution in [-0.4, -0.2) is 70.2 Å². The molecule has 7 nitrogen and oxygen atoms in total. The smallest absolute Gasteiger partial charge is 0.231 e. The first kappa shape index (κ1) is 19.5. The molecule has 0 saturated carbocycles. The van der Waals surface area contributed by atoms with Gasteiger partial charge in [-0.05, 0) is 37.0 Å². The Kier molecular flexibility index (Phi) is 6.34. The first-order chi connectivity index (χ1) is 13.7. The third-order valence-electron chi connectivity index (χ3n) is 5.95. The van der Waals surface area contributed by atoms with Crippen molar-refractivity contribution in [2.45, 2.75) is 25.7 Å². The second-order valence-corrected chi connectivity index (χ2v) is 7.97. The molecule has 7 heteroatoms. The number of amides is 1. The summed E-state index contributed by atoms with van der Waals surface area (Å²) in [6.45, 7) is 7.09. The van der Waals surface area contributed by atoms with Crippen LogP contribution in [0.25, 0.3) is 0 Å². The maximum Gasteiger partial charge on any atom is 0.231 e. The molecule has 1 aromatic rings. The summed E-state index contributed by atoms with van der Waals surface area (Å²) in [5, 5.41) is 3.20. The van der Waals surface area contributed by atoms with Crippen molar-refractivity contribution in [3.8, 4) is 11.5 Å². The molecule has 154 valence electrons. The number of hydrogen-bond acceptors (Lipinski definition) is 6. The van der Waals surface area contributed by atoms with Crippen LogP contribution in [0.4, 0.5) is 0 Å². The van der Waals surface area contributed by atoms with Crippen molar-refractivity contribution in [2.75, 3.05) is 59.4 Å². The summed E-state index contributed by atoms with van der Waals surface area (Å²) < 4.78 is 21.8. The van der Waals surface area contributed by atoms with E-state index in [0.29, 0.717) is 19.4 Å². The van der Waals surface area contributed by atoms with Crippen LogP contribution < -0.4 is 14.8 Å². The van der Waals surface area contributed by atoms with Gasteiger partial charge in [0.2, 0.25) is 12.7 Å². The lowest BCUT2D eigenvalue weighted by Crippen LogP contribution is -2.50. The molecule has 0 unspecified atom stereocenters. The van der Waals surface area contributed by atoms with Crippen molar-refractivity contribution < 1.29 is 23.7 Å². The molecule has 28 heavy (non-hydrogen) atoms. The monoisotopic (exact) mass is 390 g/mol. The number of carbonyl (C=O) groups is 1. The van der Waals surface area contributed by atoms with Crippen molar-refractivity contribution in [1.82, 2.24) is 10.2 Å². The van der Waals surface area contributed by atoms with Gasteiger partial charge in [-0.3, -0.25) is 9.69 Å². The van der Waals surface area contributed by atoms with Gasteiger partial charge in [-0.2, -0.15) is 0 Å². The minimum Gasteiger partial charge on any atom is -0.454 e. The van der Waals surface area contributed by atoms with E-state index in [2.05, 4.69) is 10.2 Å². The summed E-state index contributed by atoms with van der Waals surface area (Å²) in [6, 6.07) is 5.88. The minimum atomic E-state index is 0.101. The lowest BCUT2D eigenvalue weighted by molar-refractivity contribution is -0.122. The maximum absolute atomic E-state index is 12.5. The van der Waals surface area contributed by atoms with Gasteiger partial charge in [0.05, 0.1) is 13.2 Å². The molecule has 3 aliphatic heterocycles. The first-order valence-corrected chi connectivity index (χ1v) is 10.3. The molecule has 4 rings (SSSR count). The van der Waals surface area contributed by atoms with Crippen LogP contribution >= 0.6 is 0 Å². The zero-order chi connectivity index (χ0) is 19.2. The predicted molar refractivity (Wildman–Crippen MR) is 104 cm³/mol. The maximum atomic E-state index is 12.5. The molecular weight excluding hydrogens is 360 g/mol. The Hall–Kier alpha value is -1.83. The Bertz CT molecular complexity index is 669. The molecule has 0 aromatic heterocycles. The van der Waals surface area contributed by atoms with Crippen molar-refractivity contribution in [3.05, 3.63) is 23.8 Å². The third kappa shape index (κ3) is 4.96. The SMILES string of the molecule is O=C(CCc1ccc2c(c1)OCO2)NCC1(CN2CCOCC2)CCOCC1. The highest BCUT2D eigenvalue weighted by Gasteiger charge is 2.35. The zero-order valence-corrected chi connectivity index (χ0v) is 16.4. The molecule has 0 atom stereocenters. The van der Waals surface area contributed by atoms with Gasteiger partial charge < -0.3 is 24.3 Å². The number of ether oxygens (including phenoxy) is 4. The van der Waals surface area contributed by atoms with Crippen LogP contribution in [0.3, 0.4) is 0 Å². The number of rotatable bonds is 7.